The molecule has 0 aliphatic heterocycles. The number of rotatable bonds is 11. The van der Waals surface area contributed by atoms with E-state index in [4.69, 9.17) is 0 Å². The maximum atomic E-state index is 9.73. The van der Waals surface area contributed by atoms with E-state index >= 15 is 0 Å². The fourth-order valence-electron chi connectivity index (χ4n) is 21.8. The van der Waals surface area contributed by atoms with Crippen molar-refractivity contribution in [3.63, 3.8) is 0 Å². The third-order valence-corrected chi connectivity index (χ3v) is 34.2. The summed E-state index contributed by atoms with van der Waals surface area (Å²) in [6.07, 6.45) is 0. The minimum Gasteiger partial charge on any atom is -1.00 e. The van der Waals surface area contributed by atoms with E-state index in [2.05, 4.69) is 504 Å². The Kier molecular flexibility index (Phi) is 25.6. The zero-order valence-electron chi connectivity index (χ0n) is 79.3. The molecule has 7 nitrogen and oxygen atoms in total. The molecule has 8 aromatic heterocycles. The van der Waals surface area contributed by atoms with Crippen molar-refractivity contribution >= 4 is 286 Å². The molecule has 698 valence electrons. The minimum absolute atomic E-state index is 0. The average Bonchev–Trinajstić information content (AvgIpc) is 1.57. The van der Waals surface area contributed by atoms with Gasteiger partial charge in [0.25, 0.3) is 0 Å². The van der Waals surface area contributed by atoms with Gasteiger partial charge >= 0.3 is 58.5 Å². The maximum absolute atomic E-state index is 9.73. The smallest absolute Gasteiger partial charge is 1.00 e. The molecular weight excluding hydrogens is 2030 g/mol. The molecule has 30 aromatic rings. The van der Waals surface area contributed by atoms with Crippen LogP contribution in [0.1, 0.15) is 16.3 Å². The molecule has 15 heteroatoms. The zero-order valence-corrected chi connectivity index (χ0v) is 87.8. The third-order valence-electron chi connectivity index (χ3n) is 28.3. The topological polar surface area (TPSA) is 63.4 Å². The predicted molar refractivity (Wildman–Crippen MR) is 643 cm³/mol. The number of hydrogen-bond donors (Lipinski definition) is 2. The summed E-state index contributed by atoms with van der Waals surface area (Å²) in [5.74, 6) is 0. The van der Waals surface area contributed by atoms with Crippen molar-refractivity contribution in [2.75, 3.05) is 4.90 Å². The molecular formula is C132H91BBr2KN5O2S4. The van der Waals surface area contributed by atoms with Crippen molar-refractivity contribution < 1.29 is 62.9 Å². The number of anilines is 3. The molecule has 0 saturated heterocycles. The van der Waals surface area contributed by atoms with Crippen molar-refractivity contribution in [3.05, 3.63) is 494 Å². The molecule has 22 aromatic carbocycles. The van der Waals surface area contributed by atoms with Crippen LogP contribution in [0.5, 0.6) is 0 Å². The molecule has 0 radical (unpaired) electrons. The van der Waals surface area contributed by atoms with Gasteiger partial charge in [-0.05, 0) is 214 Å². The van der Waals surface area contributed by atoms with Crippen molar-refractivity contribution in [2.45, 2.75) is 14.9 Å². The van der Waals surface area contributed by atoms with Crippen molar-refractivity contribution in [3.8, 4) is 56.1 Å². The van der Waals surface area contributed by atoms with E-state index < -0.39 is 7.12 Å². The molecule has 147 heavy (non-hydrogen) atoms. The number of thiophene rings is 4. The number of para-hydroxylation sites is 4. The molecule has 0 aliphatic carbocycles. The molecule has 0 saturated carbocycles. The largest absolute Gasteiger partial charge is 1.00 e. The first-order valence-corrected chi connectivity index (χ1v) is 53.0. The molecule has 0 bridgehead atoms. The Morgan fingerprint density at radius 3 is 0.864 bits per heavy atom. The maximum Gasteiger partial charge on any atom is 1.00 e. The summed E-state index contributed by atoms with van der Waals surface area (Å²) in [5, 5.41) is 42.7. The molecule has 0 spiro atoms. The second-order valence-corrected chi connectivity index (χ2v) is 42.5. The molecule has 2 N–H and O–H groups in total. The van der Waals surface area contributed by atoms with Gasteiger partial charge in [0.15, 0.2) is 0 Å². The summed E-state index contributed by atoms with van der Waals surface area (Å²) in [4.78, 5) is 2.38. The number of aromatic nitrogens is 4. The molecule has 30 rings (SSSR count). The normalized spacial score (nSPS) is 11.5. The van der Waals surface area contributed by atoms with Crippen LogP contribution in [0.4, 0.5) is 17.1 Å². The standard InChI is InChI=1S/C52H34N2S.C30H18BrNS.C24H16BNO2S.C24H14BrNS.2CH4.K.H/c1-3-12-35(13-4-1)36-22-27-41(28-23-36)53(47-20-11-15-38-14-7-8-18-43(38)47)42-29-24-37(25-30-42)39-26-31-46-49(34-39)54(40-16-5-2-6-17-40)48-33-32-45-44-19-9-10-21-50(44)55-52(45)51(46)48;31-21-13-10-19(11-14-21)20-12-15-25-27(18-20)32(22-6-2-1-3-7-22)26-17-16-24-23-8-4-5-9-28(23)33-30(24)29(25)26;27-25(28)15-10-11-19-21(14-15)26(16-6-2-1-3-7-16)20-13-12-18-17-8-4-5-9-22(17)29-24(18)23(19)20;25-15-10-11-19-21(14-15)26(16-6-2-1-3-7-16)20-13-12-18-17-8-4-5-9-22(17)27-24(18)23(19)20;;;;/h1-34H;1-18H;1-14,27-28H;1-14H;2*1H4;;/q;;;;;;+1;-1. The second kappa shape index (κ2) is 39.7. The van der Waals surface area contributed by atoms with E-state index in [1.54, 1.807) is 6.07 Å². The van der Waals surface area contributed by atoms with Gasteiger partial charge in [0.05, 0.1) is 49.8 Å². The number of halogens is 2. The van der Waals surface area contributed by atoms with Gasteiger partial charge in [0.2, 0.25) is 0 Å². The van der Waals surface area contributed by atoms with Crippen LogP contribution >= 0.6 is 77.2 Å². The molecule has 0 fully saturated rings. The van der Waals surface area contributed by atoms with Crippen LogP contribution in [0.15, 0.2) is 494 Å². The first-order valence-electron chi connectivity index (χ1n) is 48.2. The Hall–Kier alpha value is -14.4. The summed E-state index contributed by atoms with van der Waals surface area (Å²) >= 11 is 14.7. The van der Waals surface area contributed by atoms with Crippen LogP contribution < -0.4 is 61.7 Å². The van der Waals surface area contributed by atoms with Gasteiger partial charge in [-0.3, -0.25) is 0 Å². The Balaban J connectivity index is 0.000000112. The SMILES string of the molecule is Brc1ccc(-c2ccc3c4c5sc6ccccc6c5ccc4n(-c4ccccc4)c3c2)cc1.Brc1ccc2c3c4sc5ccccc5c4ccc3n(-c3ccccc3)c2c1.C.C.OB(O)c1ccc2c3c4sc5ccccc5c4ccc3n(-c3ccccc3)c2c1.[H-].[K+].c1ccc(-c2ccc(N(c3ccc(-c4ccc5c6c7sc8ccccc8c7ccc6n(-c6ccccc6)c5c4)cc3)c3cccc4ccccc34)cc2)cc1. The average molecular weight is 2120 g/mol. The van der Waals surface area contributed by atoms with Crippen LogP contribution in [0, 0.1) is 0 Å². The van der Waals surface area contributed by atoms with Gasteiger partial charge < -0.3 is 34.6 Å². The Labute approximate surface area is 926 Å². The van der Waals surface area contributed by atoms with Crippen LogP contribution in [-0.4, -0.2) is 35.4 Å². The summed E-state index contributed by atoms with van der Waals surface area (Å²) in [5.41, 5.74) is 25.2. The van der Waals surface area contributed by atoms with Gasteiger partial charge in [-0.25, -0.2) is 0 Å². The molecule has 0 unspecified atom stereocenters. The van der Waals surface area contributed by atoms with Crippen molar-refractivity contribution in [2.24, 2.45) is 0 Å². The Bertz CT molecular complexity index is 10300. The van der Waals surface area contributed by atoms with Gasteiger partial charge in [0.1, 0.15) is 0 Å². The number of benzene rings is 22. The van der Waals surface area contributed by atoms with Gasteiger partial charge in [-0.1, -0.05) is 362 Å². The number of hydrogen-bond acceptors (Lipinski definition) is 7. The van der Waals surface area contributed by atoms with Gasteiger partial charge in [-0.2, -0.15) is 0 Å². The first kappa shape index (κ1) is 94.8. The molecule has 0 atom stereocenters. The Morgan fingerprint density at radius 1 is 0.218 bits per heavy atom. The van der Waals surface area contributed by atoms with E-state index in [9.17, 15) is 10.0 Å². The van der Waals surface area contributed by atoms with E-state index in [0.29, 0.717) is 5.46 Å². The van der Waals surface area contributed by atoms with Crippen LogP contribution in [0.25, 0.3) is 235 Å². The van der Waals surface area contributed by atoms with Crippen LogP contribution in [0.3, 0.4) is 0 Å². The van der Waals surface area contributed by atoms with E-state index in [-0.39, 0.29) is 67.7 Å². The van der Waals surface area contributed by atoms with Gasteiger partial charge in [-0.15, -0.1) is 45.3 Å². The fourth-order valence-corrected chi connectivity index (χ4v) is 27.4. The summed E-state index contributed by atoms with van der Waals surface area (Å²) in [6, 6.07) is 174. The van der Waals surface area contributed by atoms with E-state index in [0.717, 1.165) is 48.1 Å². The summed E-state index contributed by atoms with van der Waals surface area (Å²) < 4.78 is 22.3. The molecule has 0 aliphatic rings. The first-order chi connectivity index (χ1) is 71.1. The molecule has 0 amide bonds. The fraction of sp³-hybridized carbons (Fsp3) is 0.0152. The third kappa shape index (κ3) is 16.6. The Morgan fingerprint density at radius 2 is 0.490 bits per heavy atom. The van der Waals surface area contributed by atoms with Crippen molar-refractivity contribution in [1.82, 2.24) is 18.3 Å². The molecule has 8 heterocycles. The summed E-state index contributed by atoms with van der Waals surface area (Å²) in [7, 11) is -1.49. The minimum atomic E-state index is -1.49. The number of nitrogens with zero attached hydrogens (tertiary/aromatic N) is 5. The second-order valence-electron chi connectivity index (χ2n) is 36.5. The number of fused-ring (bicyclic) bond motifs is 29. The predicted octanol–water partition coefficient (Wildman–Crippen LogP) is 35.8. The monoisotopic (exact) mass is 2110 g/mol. The van der Waals surface area contributed by atoms with Crippen molar-refractivity contribution in [1.29, 1.82) is 0 Å². The van der Waals surface area contributed by atoms with Gasteiger partial charge in [0, 0.05) is 172 Å². The van der Waals surface area contributed by atoms with E-state index in [1.165, 1.54) is 213 Å². The zero-order chi connectivity index (χ0) is 95.7. The summed E-state index contributed by atoms with van der Waals surface area (Å²) in [6.45, 7) is 0. The van der Waals surface area contributed by atoms with Crippen LogP contribution in [-0.2, 0) is 0 Å². The van der Waals surface area contributed by atoms with E-state index in [1.807, 2.05) is 75.7 Å². The quantitative estimate of drug-likeness (QED) is 0.127. The van der Waals surface area contributed by atoms with Crippen LogP contribution in [0.2, 0.25) is 0 Å².